The second-order valence-electron chi connectivity index (χ2n) is 4.74. The predicted molar refractivity (Wildman–Crippen MR) is 85.7 cm³/mol. The van der Waals surface area contributed by atoms with Gasteiger partial charge in [-0.2, -0.15) is 0 Å². The summed E-state index contributed by atoms with van der Waals surface area (Å²) in [6.45, 7) is -0.228. The molecule has 2 aromatic carbocycles. The van der Waals surface area contributed by atoms with Crippen LogP contribution in [-0.4, -0.2) is 23.4 Å². The van der Waals surface area contributed by atoms with Crippen LogP contribution in [0, 0.1) is 0 Å². The van der Waals surface area contributed by atoms with E-state index in [2.05, 4.69) is 5.32 Å². The largest absolute Gasteiger partial charge is 0.398 e. The normalized spacial score (nSPS) is 10.2. The number of nitrogen functional groups attached to an aromatic ring is 2. The number of para-hydroxylation sites is 2. The van der Waals surface area contributed by atoms with Gasteiger partial charge in [-0.05, 0) is 24.3 Å². The fraction of sp³-hybridized carbons (Fsp3) is 0.125. The number of carbonyl (C=O) groups is 2. The van der Waals surface area contributed by atoms with Crippen LogP contribution in [0.5, 0.6) is 0 Å². The first-order valence-corrected chi connectivity index (χ1v) is 6.72. The first-order chi connectivity index (χ1) is 10.5. The van der Waals surface area contributed by atoms with Gasteiger partial charge >= 0.3 is 0 Å². The molecule has 0 bridgehead atoms. The summed E-state index contributed by atoms with van der Waals surface area (Å²) >= 11 is 0. The van der Waals surface area contributed by atoms with Crippen LogP contribution in [0.2, 0.25) is 0 Å². The van der Waals surface area contributed by atoms with Gasteiger partial charge in [0.1, 0.15) is 0 Å². The van der Waals surface area contributed by atoms with Crippen LogP contribution in [0.1, 0.15) is 27.1 Å². The van der Waals surface area contributed by atoms with E-state index >= 15 is 0 Å². The van der Waals surface area contributed by atoms with Crippen molar-refractivity contribution in [2.75, 3.05) is 23.4 Å². The van der Waals surface area contributed by atoms with Crippen molar-refractivity contribution in [2.24, 2.45) is 0 Å². The van der Waals surface area contributed by atoms with Gasteiger partial charge in [-0.15, -0.1) is 0 Å². The number of aliphatic hydroxyl groups excluding tert-OH is 1. The Balaban J connectivity index is 2.20. The number of aliphatic hydroxyl groups is 1. The lowest BCUT2D eigenvalue weighted by Gasteiger charge is -2.10. The van der Waals surface area contributed by atoms with Crippen molar-refractivity contribution in [3.8, 4) is 0 Å². The van der Waals surface area contributed by atoms with Gasteiger partial charge in [0.25, 0.3) is 5.91 Å². The lowest BCUT2D eigenvalue weighted by atomic mass is 10.0. The molecule has 0 aliphatic carbocycles. The van der Waals surface area contributed by atoms with E-state index in [0.717, 1.165) is 0 Å². The maximum atomic E-state index is 12.2. The molecule has 6 heteroatoms. The first-order valence-electron chi connectivity index (χ1n) is 6.72. The van der Waals surface area contributed by atoms with Crippen LogP contribution in [0.25, 0.3) is 0 Å². The van der Waals surface area contributed by atoms with Crippen LogP contribution < -0.4 is 16.8 Å². The summed E-state index contributed by atoms with van der Waals surface area (Å²) in [5.41, 5.74) is 13.4. The Morgan fingerprint density at radius 2 is 1.77 bits per heavy atom. The number of nitrogens with one attached hydrogen (secondary N) is 1. The molecule has 0 aliphatic heterocycles. The van der Waals surface area contributed by atoms with Gasteiger partial charge in [0, 0.05) is 17.7 Å². The Labute approximate surface area is 127 Å². The fourth-order valence-electron chi connectivity index (χ4n) is 1.99. The monoisotopic (exact) mass is 299 g/mol. The van der Waals surface area contributed by atoms with Crippen molar-refractivity contribution in [3.05, 3.63) is 53.6 Å². The number of nitrogens with two attached hydrogens (primary N) is 2. The maximum absolute atomic E-state index is 12.2. The van der Waals surface area contributed by atoms with Gasteiger partial charge in [-0.3, -0.25) is 9.59 Å². The summed E-state index contributed by atoms with van der Waals surface area (Å²) in [7, 11) is 0. The zero-order valence-corrected chi connectivity index (χ0v) is 11.9. The summed E-state index contributed by atoms with van der Waals surface area (Å²) in [4.78, 5) is 23.9. The highest BCUT2D eigenvalue weighted by molar-refractivity contribution is 6.10. The molecule has 114 valence electrons. The molecule has 1 amide bonds. The highest BCUT2D eigenvalue weighted by Gasteiger charge is 2.14. The quantitative estimate of drug-likeness (QED) is 0.494. The van der Waals surface area contributed by atoms with Crippen LogP contribution >= 0.6 is 0 Å². The van der Waals surface area contributed by atoms with E-state index in [1.54, 1.807) is 24.3 Å². The number of ketones is 1. The maximum Gasteiger partial charge on any atom is 0.257 e. The van der Waals surface area contributed by atoms with Crippen LogP contribution in [0.4, 0.5) is 17.1 Å². The average Bonchev–Trinajstić information content (AvgIpc) is 2.49. The third-order valence-corrected chi connectivity index (χ3v) is 3.17. The lowest BCUT2D eigenvalue weighted by molar-refractivity contribution is 0.0954. The molecular formula is C16H17N3O3. The molecular weight excluding hydrogens is 282 g/mol. The second kappa shape index (κ2) is 6.73. The van der Waals surface area contributed by atoms with Gasteiger partial charge in [-0.25, -0.2) is 0 Å². The first kappa shape index (κ1) is 15.5. The minimum Gasteiger partial charge on any atom is -0.398 e. The fourth-order valence-corrected chi connectivity index (χ4v) is 1.99. The SMILES string of the molecule is Nc1ccccc1NC(=O)c1ccc(C(=O)CCO)cc1N. The highest BCUT2D eigenvalue weighted by atomic mass is 16.3. The minimum atomic E-state index is -0.406. The molecule has 0 spiro atoms. The van der Waals surface area contributed by atoms with E-state index in [-0.39, 0.29) is 30.1 Å². The summed E-state index contributed by atoms with van der Waals surface area (Å²) in [6.07, 6.45) is 0.0194. The van der Waals surface area contributed by atoms with Crippen molar-refractivity contribution in [1.29, 1.82) is 0 Å². The molecule has 0 fully saturated rings. The number of Topliss-reactive ketones (excluding diaryl/α,β-unsaturated/α-hetero) is 1. The summed E-state index contributed by atoms with van der Waals surface area (Å²) < 4.78 is 0. The number of hydrogen-bond donors (Lipinski definition) is 4. The van der Waals surface area contributed by atoms with E-state index in [4.69, 9.17) is 16.6 Å². The molecule has 0 radical (unpaired) electrons. The molecule has 0 atom stereocenters. The zero-order valence-electron chi connectivity index (χ0n) is 11.9. The summed E-state index contributed by atoms with van der Waals surface area (Å²) in [5.74, 6) is -0.634. The molecule has 0 unspecified atom stereocenters. The molecule has 2 rings (SSSR count). The molecule has 0 heterocycles. The third kappa shape index (κ3) is 3.42. The van der Waals surface area contributed by atoms with Gasteiger partial charge < -0.3 is 21.9 Å². The van der Waals surface area contributed by atoms with Gasteiger partial charge in [-0.1, -0.05) is 18.2 Å². The number of anilines is 3. The van der Waals surface area contributed by atoms with Crippen molar-refractivity contribution in [1.82, 2.24) is 0 Å². The number of rotatable bonds is 5. The Morgan fingerprint density at radius 3 is 2.41 bits per heavy atom. The Bertz CT molecular complexity index is 714. The van der Waals surface area contributed by atoms with Gasteiger partial charge in [0.15, 0.2) is 5.78 Å². The highest BCUT2D eigenvalue weighted by Crippen LogP contribution is 2.21. The lowest BCUT2D eigenvalue weighted by Crippen LogP contribution is -2.15. The molecule has 0 aromatic heterocycles. The number of carbonyl (C=O) groups excluding carboxylic acids is 2. The topological polar surface area (TPSA) is 118 Å². The molecule has 6 N–H and O–H groups in total. The van der Waals surface area contributed by atoms with Gasteiger partial charge in [0.05, 0.1) is 23.5 Å². The summed E-state index contributed by atoms with van der Waals surface area (Å²) in [6, 6.07) is 11.3. The molecule has 0 saturated carbocycles. The van der Waals surface area contributed by atoms with Gasteiger partial charge in [0.2, 0.25) is 0 Å². The van der Waals surface area contributed by atoms with Crippen LogP contribution in [-0.2, 0) is 0 Å². The number of benzene rings is 2. The molecule has 2 aromatic rings. The molecule has 0 saturated heterocycles. The van der Waals surface area contributed by atoms with Crippen molar-refractivity contribution < 1.29 is 14.7 Å². The van der Waals surface area contributed by atoms with Crippen molar-refractivity contribution in [2.45, 2.75) is 6.42 Å². The van der Waals surface area contributed by atoms with E-state index < -0.39 is 5.91 Å². The molecule has 6 nitrogen and oxygen atoms in total. The number of amides is 1. The number of hydrogen-bond acceptors (Lipinski definition) is 5. The molecule has 0 aliphatic rings. The Morgan fingerprint density at radius 1 is 1.05 bits per heavy atom. The minimum absolute atomic E-state index is 0.0194. The van der Waals surface area contributed by atoms with E-state index in [0.29, 0.717) is 16.9 Å². The molecule has 22 heavy (non-hydrogen) atoms. The third-order valence-electron chi connectivity index (χ3n) is 3.17. The Hall–Kier alpha value is -2.86. The van der Waals surface area contributed by atoms with E-state index in [1.165, 1.54) is 18.2 Å². The average molecular weight is 299 g/mol. The zero-order chi connectivity index (χ0) is 16.1. The van der Waals surface area contributed by atoms with Crippen molar-refractivity contribution >= 4 is 28.8 Å². The van der Waals surface area contributed by atoms with E-state index in [9.17, 15) is 9.59 Å². The smallest absolute Gasteiger partial charge is 0.257 e. The second-order valence-corrected chi connectivity index (χ2v) is 4.74. The predicted octanol–water partition coefficient (Wildman–Crippen LogP) is 1.67. The van der Waals surface area contributed by atoms with E-state index in [1.807, 2.05) is 0 Å². The van der Waals surface area contributed by atoms with Crippen LogP contribution in [0.15, 0.2) is 42.5 Å². The standard InChI is InChI=1S/C16H17N3O3/c17-12-3-1-2-4-14(12)19-16(22)11-6-5-10(9-13(11)18)15(21)7-8-20/h1-6,9,20H,7-8,17-18H2,(H,19,22). The van der Waals surface area contributed by atoms with Crippen molar-refractivity contribution in [3.63, 3.8) is 0 Å². The Kier molecular flexibility index (Phi) is 4.75. The van der Waals surface area contributed by atoms with Crippen LogP contribution in [0.3, 0.4) is 0 Å². The summed E-state index contributed by atoms with van der Waals surface area (Å²) in [5, 5.41) is 11.4.